The SMILES string of the molecule is C#Cc1c(F)ccc2cccc(-c3ncc4c(N(C)[C@@H]5CCN(C(=O)C=C6CN(C)C6)C5)nc(OC[C@@]56CCCN5C[C@H](F)C6)nc4c3F)c12. The van der Waals surface area contributed by atoms with E-state index in [-0.39, 0.29) is 41.3 Å². The molecule has 4 aliphatic rings. The zero-order chi connectivity index (χ0) is 34.7. The van der Waals surface area contributed by atoms with Gasteiger partial charge in [0, 0.05) is 75.5 Å². The van der Waals surface area contributed by atoms with Crippen LogP contribution in [0.15, 0.2) is 48.2 Å². The molecule has 6 heterocycles. The first kappa shape index (κ1) is 32.5. The number of hydrogen-bond acceptors (Lipinski definition) is 8. The number of carbonyl (C=O) groups excluding carboxylic acids is 1. The average Bonchev–Trinajstić information content (AvgIpc) is 3.81. The van der Waals surface area contributed by atoms with E-state index >= 15 is 4.39 Å². The normalized spacial score (nSPS) is 23.7. The number of alkyl halides is 1. The number of fused-ring (bicyclic) bond motifs is 3. The van der Waals surface area contributed by atoms with Crippen LogP contribution in [0.25, 0.3) is 32.9 Å². The molecular weight excluding hydrogens is 643 g/mol. The minimum Gasteiger partial charge on any atom is -0.461 e. The molecule has 4 aliphatic heterocycles. The predicted octanol–water partition coefficient (Wildman–Crippen LogP) is 4.97. The van der Waals surface area contributed by atoms with Gasteiger partial charge in [-0.25, -0.2) is 13.2 Å². The third kappa shape index (κ3) is 5.53. The number of aromatic nitrogens is 3. The lowest BCUT2D eigenvalue weighted by Gasteiger charge is -2.31. The van der Waals surface area contributed by atoms with Gasteiger partial charge < -0.3 is 14.5 Å². The smallest absolute Gasteiger partial charge is 0.319 e. The number of halogens is 3. The maximum Gasteiger partial charge on any atom is 0.319 e. The van der Waals surface area contributed by atoms with Crippen LogP contribution in [0.4, 0.5) is 19.0 Å². The molecule has 12 heteroatoms. The number of terminal acetylenes is 1. The second-order valence-electron chi connectivity index (χ2n) is 14.2. The molecule has 0 N–H and O–H groups in total. The van der Waals surface area contributed by atoms with Gasteiger partial charge >= 0.3 is 6.01 Å². The molecular formula is C38H38F3N7O2. The van der Waals surface area contributed by atoms with E-state index in [1.807, 2.05) is 23.9 Å². The lowest BCUT2D eigenvalue weighted by Crippen LogP contribution is -2.43. The molecule has 3 atom stereocenters. The van der Waals surface area contributed by atoms with Gasteiger partial charge in [-0.1, -0.05) is 30.2 Å². The van der Waals surface area contributed by atoms with Crippen LogP contribution in [0.3, 0.4) is 0 Å². The molecule has 4 aromatic rings. The van der Waals surface area contributed by atoms with E-state index in [9.17, 15) is 13.6 Å². The molecule has 258 valence electrons. The van der Waals surface area contributed by atoms with Gasteiger partial charge in [0.2, 0.25) is 5.91 Å². The Morgan fingerprint density at radius 1 is 1.18 bits per heavy atom. The van der Waals surface area contributed by atoms with Crippen molar-refractivity contribution in [2.75, 3.05) is 64.9 Å². The summed E-state index contributed by atoms with van der Waals surface area (Å²) in [4.78, 5) is 35.0. The number of ether oxygens (including phenoxy) is 1. The quantitative estimate of drug-likeness (QED) is 0.200. The van der Waals surface area contributed by atoms with E-state index in [0.29, 0.717) is 60.0 Å². The molecule has 4 saturated heterocycles. The monoisotopic (exact) mass is 681 g/mol. The Hall–Kier alpha value is -4.73. The molecule has 0 aliphatic carbocycles. The molecule has 50 heavy (non-hydrogen) atoms. The summed E-state index contributed by atoms with van der Waals surface area (Å²) in [5, 5.41) is 1.39. The molecule has 0 bridgehead atoms. The highest BCUT2D eigenvalue weighted by Crippen LogP contribution is 2.41. The van der Waals surface area contributed by atoms with Crippen LogP contribution in [-0.4, -0.2) is 113 Å². The van der Waals surface area contributed by atoms with Crippen molar-refractivity contribution in [2.45, 2.75) is 43.4 Å². The van der Waals surface area contributed by atoms with Gasteiger partial charge in [-0.2, -0.15) is 9.97 Å². The lowest BCUT2D eigenvalue weighted by atomic mass is 9.95. The molecule has 1 amide bonds. The third-order valence-electron chi connectivity index (χ3n) is 10.9. The summed E-state index contributed by atoms with van der Waals surface area (Å²) in [6.45, 7) is 3.98. The van der Waals surface area contributed by atoms with Gasteiger partial charge in [0.15, 0.2) is 5.82 Å². The molecule has 4 fully saturated rings. The molecule has 2 aromatic heterocycles. The Morgan fingerprint density at radius 3 is 2.82 bits per heavy atom. The molecule has 9 nitrogen and oxygen atoms in total. The van der Waals surface area contributed by atoms with Crippen LogP contribution in [-0.2, 0) is 4.79 Å². The maximum atomic E-state index is 16.9. The van der Waals surface area contributed by atoms with Crippen molar-refractivity contribution >= 4 is 33.4 Å². The molecule has 0 saturated carbocycles. The van der Waals surface area contributed by atoms with Crippen molar-refractivity contribution in [3.05, 3.63) is 65.4 Å². The van der Waals surface area contributed by atoms with E-state index in [2.05, 4.69) is 25.7 Å². The highest BCUT2D eigenvalue weighted by molar-refractivity contribution is 6.02. The zero-order valence-corrected chi connectivity index (χ0v) is 28.1. The van der Waals surface area contributed by atoms with Gasteiger partial charge in [0.05, 0.1) is 16.5 Å². The number of anilines is 1. The Balaban J connectivity index is 1.18. The van der Waals surface area contributed by atoms with Crippen LogP contribution in [0.5, 0.6) is 6.01 Å². The molecule has 8 rings (SSSR count). The Morgan fingerprint density at radius 2 is 2.02 bits per heavy atom. The fraction of sp³-hybridized carbons (Fsp3) is 0.421. The number of nitrogens with zero attached hydrogens (tertiary/aromatic N) is 7. The maximum absolute atomic E-state index is 16.9. The lowest BCUT2D eigenvalue weighted by molar-refractivity contribution is -0.125. The minimum atomic E-state index is -0.934. The number of rotatable bonds is 7. The van der Waals surface area contributed by atoms with Crippen molar-refractivity contribution in [3.8, 4) is 29.6 Å². The highest BCUT2D eigenvalue weighted by Gasteiger charge is 2.49. The summed E-state index contributed by atoms with van der Waals surface area (Å²) >= 11 is 0. The standard InChI is InChI=1S/C38H38F3N7O2/c1-4-27-30(40)10-9-24-7-5-8-28(32(24)27)34-33(41)35-29(17-42-34)36(44-37(43-35)50-22-38-12-6-13-48(38)20-25(39)16-38)46(3)26-11-14-47(21-26)31(49)15-23-18-45(2)19-23/h1,5,7-10,15,17,25-26H,6,11-14,16,18-22H2,2-3H3/t25-,26-,38+/m1/s1. The molecule has 0 radical (unpaired) electrons. The fourth-order valence-electron chi connectivity index (χ4n) is 8.32. The second-order valence-corrected chi connectivity index (χ2v) is 14.2. The number of likely N-dealkylation sites (tertiary alicyclic amines) is 2. The summed E-state index contributed by atoms with van der Waals surface area (Å²) in [6, 6.07) is 7.94. The summed E-state index contributed by atoms with van der Waals surface area (Å²) in [5.41, 5.74) is 0.961. The summed E-state index contributed by atoms with van der Waals surface area (Å²) in [5.74, 6) is 1.50. The van der Waals surface area contributed by atoms with E-state index < -0.39 is 23.3 Å². The van der Waals surface area contributed by atoms with Crippen molar-refractivity contribution in [3.63, 3.8) is 0 Å². The topological polar surface area (TPSA) is 77.9 Å². The number of carbonyl (C=O) groups is 1. The van der Waals surface area contributed by atoms with E-state index in [1.165, 1.54) is 12.3 Å². The first-order valence-electron chi connectivity index (χ1n) is 17.1. The number of likely N-dealkylation sites (N-methyl/N-ethyl adjacent to an activating group) is 2. The van der Waals surface area contributed by atoms with Crippen molar-refractivity contribution in [2.24, 2.45) is 0 Å². The summed E-state index contributed by atoms with van der Waals surface area (Å²) in [7, 11) is 3.88. The third-order valence-corrected chi connectivity index (χ3v) is 10.9. The summed E-state index contributed by atoms with van der Waals surface area (Å²) < 4.78 is 52.6. The summed E-state index contributed by atoms with van der Waals surface area (Å²) in [6.07, 6.45) is 10.8. The van der Waals surface area contributed by atoms with Gasteiger partial charge in [-0.15, -0.1) is 6.42 Å². The van der Waals surface area contributed by atoms with Gasteiger partial charge in [-0.05, 0) is 49.9 Å². The fourth-order valence-corrected chi connectivity index (χ4v) is 8.32. The van der Waals surface area contributed by atoms with E-state index in [4.69, 9.17) is 16.1 Å². The molecule has 0 unspecified atom stereocenters. The molecule has 0 spiro atoms. The predicted molar refractivity (Wildman–Crippen MR) is 186 cm³/mol. The van der Waals surface area contributed by atoms with Crippen LogP contribution >= 0.6 is 0 Å². The number of benzene rings is 2. The van der Waals surface area contributed by atoms with Gasteiger partial charge in [0.1, 0.15) is 35.6 Å². The molecule has 2 aromatic carbocycles. The van der Waals surface area contributed by atoms with E-state index in [0.717, 1.165) is 38.0 Å². The van der Waals surface area contributed by atoms with Crippen LogP contribution in [0.1, 0.15) is 31.2 Å². The van der Waals surface area contributed by atoms with Crippen LogP contribution in [0.2, 0.25) is 0 Å². The minimum absolute atomic E-state index is 0.0149. The van der Waals surface area contributed by atoms with Crippen LogP contribution < -0.4 is 9.64 Å². The van der Waals surface area contributed by atoms with Gasteiger partial charge in [0.25, 0.3) is 0 Å². The first-order valence-corrected chi connectivity index (χ1v) is 17.1. The Bertz CT molecular complexity index is 2090. The highest BCUT2D eigenvalue weighted by atomic mass is 19.1. The van der Waals surface area contributed by atoms with E-state index in [1.54, 1.807) is 30.3 Å². The number of amides is 1. The second kappa shape index (κ2) is 12.5. The van der Waals surface area contributed by atoms with Gasteiger partial charge in [-0.3, -0.25) is 19.6 Å². The number of pyridine rings is 1. The Labute approximate surface area is 288 Å². The van der Waals surface area contributed by atoms with Crippen molar-refractivity contribution in [1.29, 1.82) is 0 Å². The number of hydrogen-bond donors (Lipinski definition) is 0. The average molecular weight is 682 g/mol. The largest absolute Gasteiger partial charge is 0.461 e. The zero-order valence-electron chi connectivity index (χ0n) is 28.1. The first-order chi connectivity index (χ1) is 24.1. The van der Waals surface area contributed by atoms with Crippen LogP contribution in [0, 0.1) is 24.0 Å². The Kier molecular flexibility index (Phi) is 8.15. The van der Waals surface area contributed by atoms with Crippen molar-refractivity contribution < 1.29 is 22.7 Å². The van der Waals surface area contributed by atoms with Crippen molar-refractivity contribution in [1.82, 2.24) is 29.7 Å².